The zero-order valence-corrected chi connectivity index (χ0v) is 14.0. The summed E-state index contributed by atoms with van der Waals surface area (Å²) < 4.78 is 5.41. The van der Waals surface area contributed by atoms with Gasteiger partial charge in [0.2, 0.25) is 0 Å². The van der Waals surface area contributed by atoms with Crippen LogP contribution in [0.2, 0.25) is 0 Å². The number of carbonyl (C=O) groups excluding carboxylic acids is 1. The summed E-state index contributed by atoms with van der Waals surface area (Å²) >= 11 is 0. The molecule has 1 saturated heterocycles. The first-order valence-electron chi connectivity index (χ1n) is 8.01. The predicted octanol–water partition coefficient (Wildman–Crippen LogP) is 2.13. The molecule has 21 heavy (non-hydrogen) atoms. The number of hydrogen-bond acceptors (Lipinski definition) is 4. The van der Waals surface area contributed by atoms with Crippen molar-refractivity contribution in [1.29, 1.82) is 0 Å². The molecule has 122 valence electrons. The summed E-state index contributed by atoms with van der Waals surface area (Å²) in [5.41, 5.74) is -0.472. The molecule has 1 amide bonds. The number of piperidine rings is 1. The minimum atomic E-state index is -0.432. The minimum absolute atomic E-state index is 0.0394. The number of hydrogen-bond donors (Lipinski definition) is 2. The molecule has 5 nitrogen and oxygen atoms in total. The fourth-order valence-corrected chi connectivity index (χ4v) is 3.03. The molecule has 1 heterocycles. The molecular weight excluding hydrogens is 268 g/mol. The number of aliphatic hydroxyl groups is 1. The van der Waals surface area contributed by atoms with Crippen molar-refractivity contribution in [2.24, 2.45) is 5.41 Å². The van der Waals surface area contributed by atoms with E-state index in [-0.39, 0.29) is 17.6 Å². The van der Waals surface area contributed by atoms with Crippen molar-refractivity contribution in [3.63, 3.8) is 0 Å². The Morgan fingerprint density at radius 1 is 1.29 bits per heavy atom. The Balaban J connectivity index is 1.75. The van der Waals surface area contributed by atoms with Crippen LogP contribution in [0, 0.1) is 5.41 Å². The maximum Gasteiger partial charge on any atom is 0.410 e. The van der Waals surface area contributed by atoms with Crippen LogP contribution in [-0.2, 0) is 4.74 Å². The first-order chi connectivity index (χ1) is 9.59. The lowest BCUT2D eigenvalue weighted by molar-refractivity contribution is -0.0777. The van der Waals surface area contributed by atoms with E-state index in [4.69, 9.17) is 4.74 Å². The van der Waals surface area contributed by atoms with Gasteiger partial charge in [-0.05, 0) is 40.0 Å². The highest BCUT2D eigenvalue weighted by atomic mass is 16.6. The van der Waals surface area contributed by atoms with E-state index in [1.54, 1.807) is 4.90 Å². The highest BCUT2D eigenvalue weighted by molar-refractivity contribution is 5.68. The standard InChI is InChI=1S/C16H30N2O3/c1-15(2,3)21-14(20)18-8-6-11(7-9-18)17-12-10-13(19)16(12,4)5/h11-13,17,19H,6-10H2,1-5H3. The van der Waals surface area contributed by atoms with E-state index in [0.29, 0.717) is 12.1 Å². The largest absolute Gasteiger partial charge is 0.444 e. The molecule has 0 aromatic carbocycles. The second-order valence-corrected chi connectivity index (χ2v) is 8.03. The number of nitrogens with zero attached hydrogens (tertiary/aromatic N) is 1. The third-order valence-corrected chi connectivity index (χ3v) is 4.80. The molecule has 2 fully saturated rings. The minimum Gasteiger partial charge on any atom is -0.444 e. The quantitative estimate of drug-likeness (QED) is 0.820. The highest BCUT2D eigenvalue weighted by Crippen LogP contribution is 2.41. The summed E-state index contributed by atoms with van der Waals surface area (Å²) in [5, 5.41) is 13.4. The molecule has 1 saturated carbocycles. The van der Waals surface area contributed by atoms with Crippen LogP contribution in [0.25, 0.3) is 0 Å². The van der Waals surface area contributed by atoms with Crippen molar-refractivity contribution in [2.75, 3.05) is 13.1 Å². The lowest BCUT2D eigenvalue weighted by Crippen LogP contribution is -2.63. The van der Waals surface area contributed by atoms with Gasteiger partial charge in [-0.1, -0.05) is 13.8 Å². The number of aliphatic hydroxyl groups excluding tert-OH is 1. The van der Waals surface area contributed by atoms with Crippen LogP contribution < -0.4 is 5.32 Å². The van der Waals surface area contributed by atoms with Gasteiger partial charge in [0.25, 0.3) is 0 Å². The number of nitrogens with one attached hydrogen (secondary N) is 1. The Labute approximate surface area is 128 Å². The topological polar surface area (TPSA) is 61.8 Å². The SMILES string of the molecule is CC(C)(C)OC(=O)N1CCC(NC2CC(O)C2(C)C)CC1. The Hall–Kier alpha value is -0.810. The predicted molar refractivity (Wildman–Crippen MR) is 82.2 cm³/mol. The summed E-state index contributed by atoms with van der Waals surface area (Å²) in [7, 11) is 0. The fourth-order valence-electron chi connectivity index (χ4n) is 3.03. The molecule has 2 aliphatic rings. The average molecular weight is 298 g/mol. The first kappa shape index (κ1) is 16.6. The number of carbonyl (C=O) groups is 1. The number of rotatable bonds is 2. The van der Waals surface area contributed by atoms with Gasteiger partial charge in [0, 0.05) is 30.6 Å². The molecule has 1 aliphatic heterocycles. The van der Waals surface area contributed by atoms with E-state index >= 15 is 0 Å². The van der Waals surface area contributed by atoms with Crippen LogP contribution in [0.5, 0.6) is 0 Å². The zero-order valence-electron chi connectivity index (χ0n) is 14.0. The monoisotopic (exact) mass is 298 g/mol. The Kier molecular flexibility index (Phi) is 4.54. The van der Waals surface area contributed by atoms with Gasteiger partial charge in [-0.3, -0.25) is 0 Å². The van der Waals surface area contributed by atoms with Crippen molar-refractivity contribution in [2.45, 2.75) is 77.7 Å². The summed E-state index contributed by atoms with van der Waals surface area (Å²) in [6, 6.07) is 0.811. The molecule has 0 aromatic heterocycles. The van der Waals surface area contributed by atoms with Gasteiger partial charge in [0.1, 0.15) is 5.60 Å². The Morgan fingerprint density at radius 2 is 1.86 bits per heavy atom. The van der Waals surface area contributed by atoms with Crippen molar-refractivity contribution in [3.05, 3.63) is 0 Å². The van der Waals surface area contributed by atoms with E-state index in [1.165, 1.54) is 0 Å². The third-order valence-electron chi connectivity index (χ3n) is 4.80. The summed E-state index contributed by atoms with van der Waals surface area (Å²) in [6.45, 7) is 11.4. The summed E-state index contributed by atoms with van der Waals surface area (Å²) in [6.07, 6.45) is 2.32. The van der Waals surface area contributed by atoms with E-state index in [9.17, 15) is 9.90 Å². The summed E-state index contributed by atoms with van der Waals surface area (Å²) in [4.78, 5) is 13.8. The molecule has 2 unspecified atom stereocenters. The van der Waals surface area contributed by atoms with Gasteiger partial charge < -0.3 is 20.1 Å². The van der Waals surface area contributed by atoms with Gasteiger partial charge in [-0.2, -0.15) is 0 Å². The molecule has 5 heteroatoms. The highest BCUT2D eigenvalue weighted by Gasteiger charge is 2.47. The average Bonchev–Trinajstić information content (AvgIpc) is 2.37. The van der Waals surface area contributed by atoms with E-state index in [2.05, 4.69) is 19.2 Å². The molecule has 0 spiro atoms. The fraction of sp³-hybridized carbons (Fsp3) is 0.938. The molecule has 0 bridgehead atoms. The zero-order chi connectivity index (χ0) is 15.8. The summed E-state index contributed by atoms with van der Waals surface area (Å²) in [5.74, 6) is 0. The third kappa shape index (κ3) is 3.89. The van der Waals surface area contributed by atoms with Crippen LogP contribution >= 0.6 is 0 Å². The van der Waals surface area contributed by atoms with Crippen molar-refractivity contribution >= 4 is 6.09 Å². The molecule has 0 radical (unpaired) electrons. The smallest absolute Gasteiger partial charge is 0.410 e. The van der Waals surface area contributed by atoms with E-state index < -0.39 is 5.60 Å². The molecule has 1 aliphatic carbocycles. The molecule has 2 N–H and O–H groups in total. The van der Waals surface area contributed by atoms with Crippen LogP contribution in [0.4, 0.5) is 4.79 Å². The second kappa shape index (κ2) is 5.76. The van der Waals surface area contributed by atoms with Gasteiger partial charge in [-0.15, -0.1) is 0 Å². The van der Waals surface area contributed by atoms with E-state index in [0.717, 1.165) is 32.4 Å². The number of amides is 1. The molecule has 2 rings (SSSR count). The van der Waals surface area contributed by atoms with E-state index in [1.807, 2.05) is 20.8 Å². The molecular formula is C16H30N2O3. The van der Waals surface area contributed by atoms with Gasteiger partial charge in [0.15, 0.2) is 0 Å². The van der Waals surface area contributed by atoms with Crippen LogP contribution in [0.15, 0.2) is 0 Å². The van der Waals surface area contributed by atoms with Crippen molar-refractivity contribution in [3.8, 4) is 0 Å². The normalized spacial score (nSPS) is 29.9. The maximum absolute atomic E-state index is 12.0. The Morgan fingerprint density at radius 3 is 2.29 bits per heavy atom. The lowest BCUT2D eigenvalue weighted by atomic mass is 9.64. The van der Waals surface area contributed by atoms with Gasteiger partial charge >= 0.3 is 6.09 Å². The van der Waals surface area contributed by atoms with Crippen LogP contribution in [0.1, 0.15) is 53.9 Å². The first-order valence-corrected chi connectivity index (χ1v) is 8.01. The van der Waals surface area contributed by atoms with Crippen LogP contribution in [0.3, 0.4) is 0 Å². The van der Waals surface area contributed by atoms with Gasteiger partial charge in [-0.25, -0.2) is 4.79 Å². The Bertz CT molecular complexity index is 381. The van der Waals surface area contributed by atoms with Crippen molar-refractivity contribution in [1.82, 2.24) is 10.2 Å². The molecule has 0 aromatic rings. The van der Waals surface area contributed by atoms with Crippen molar-refractivity contribution < 1.29 is 14.6 Å². The van der Waals surface area contributed by atoms with Crippen LogP contribution in [-0.4, -0.2) is 53.0 Å². The lowest BCUT2D eigenvalue weighted by Gasteiger charge is -2.51. The van der Waals surface area contributed by atoms with Gasteiger partial charge in [0.05, 0.1) is 6.10 Å². The number of ether oxygens (including phenoxy) is 1. The molecule has 2 atom stereocenters. The maximum atomic E-state index is 12.0. The number of likely N-dealkylation sites (tertiary alicyclic amines) is 1. The second-order valence-electron chi connectivity index (χ2n) is 8.03.